The van der Waals surface area contributed by atoms with E-state index in [1.54, 1.807) is 6.92 Å². The van der Waals surface area contributed by atoms with E-state index in [1.165, 1.54) is 4.68 Å². The lowest BCUT2D eigenvalue weighted by Gasteiger charge is -2.18. The van der Waals surface area contributed by atoms with Crippen molar-refractivity contribution in [3.8, 4) is 0 Å². The second-order valence-corrected chi connectivity index (χ2v) is 5.26. The zero-order valence-corrected chi connectivity index (χ0v) is 13.1. The summed E-state index contributed by atoms with van der Waals surface area (Å²) < 4.78 is 1.42. The Bertz CT molecular complexity index is 498. The predicted octanol–water partition coefficient (Wildman–Crippen LogP) is 1.79. The molecule has 7 nitrogen and oxygen atoms in total. The Labute approximate surface area is 124 Å². The second-order valence-electron chi connectivity index (χ2n) is 5.26. The highest BCUT2D eigenvalue weighted by Crippen LogP contribution is 2.15. The van der Waals surface area contributed by atoms with Gasteiger partial charge in [-0.05, 0) is 26.7 Å². The first kappa shape index (κ1) is 17.1. The fourth-order valence-electron chi connectivity index (χ4n) is 2.24. The lowest BCUT2D eigenvalue weighted by Crippen LogP contribution is -2.38. The first-order valence-electron chi connectivity index (χ1n) is 7.40. The van der Waals surface area contributed by atoms with Gasteiger partial charge in [0, 0.05) is 6.04 Å². The van der Waals surface area contributed by atoms with Crippen LogP contribution in [0.25, 0.3) is 0 Å². The van der Waals surface area contributed by atoms with E-state index in [0.29, 0.717) is 12.1 Å². The molecule has 1 rings (SSSR count). The van der Waals surface area contributed by atoms with Gasteiger partial charge in [0.15, 0.2) is 5.69 Å². The minimum atomic E-state index is -1.11. The summed E-state index contributed by atoms with van der Waals surface area (Å²) in [7, 11) is 0. The van der Waals surface area contributed by atoms with E-state index in [2.05, 4.69) is 22.6 Å². The van der Waals surface area contributed by atoms with Gasteiger partial charge >= 0.3 is 5.97 Å². The number of aromatic nitrogens is 3. The molecule has 0 bridgehead atoms. The summed E-state index contributed by atoms with van der Waals surface area (Å²) in [5, 5.41) is 19.6. The quantitative estimate of drug-likeness (QED) is 0.762. The third kappa shape index (κ3) is 4.27. The lowest BCUT2D eigenvalue weighted by atomic mass is 10.1. The molecule has 0 aliphatic rings. The number of carboxylic acids is 1. The van der Waals surface area contributed by atoms with Crippen LogP contribution in [-0.4, -0.2) is 38.0 Å². The van der Waals surface area contributed by atoms with Crippen molar-refractivity contribution in [3.05, 3.63) is 11.4 Å². The maximum atomic E-state index is 12.2. The van der Waals surface area contributed by atoms with Crippen LogP contribution in [0.5, 0.6) is 0 Å². The van der Waals surface area contributed by atoms with E-state index in [1.807, 2.05) is 13.8 Å². The Morgan fingerprint density at radius 1 is 1.29 bits per heavy atom. The molecule has 7 heteroatoms. The summed E-state index contributed by atoms with van der Waals surface area (Å²) in [6, 6.07) is -0.492. The number of amides is 1. The van der Waals surface area contributed by atoms with Gasteiger partial charge in [-0.2, -0.15) is 0 Å². The molecule has 0 aliphatic heterocycles. The molecule has 2 atom stereocenters. The first-order valence-corrected chi connectivity index (χ1v) is 7.40. The maximum Gasteiger partial charge on any atom is 0.358 e. The number of rotatable bonds is 8. The third-order valence-corrected chi connectivity index (χ3v) is 3.34. The molecule has 1 heterocycles. The van der Waals surface area contributed by atoms with Crippen molar-refractivity contribution >= 4 is 11.9 Å². The van der Waals surface area contributed by atoms with Gasteiger partial charge < -0.3 is 10.4 Å². The monoisotopic (exact) mass is 296 g/mol. The Kier molecular flexibility index (Phi) is 6.33. The van der Waals surface area contributed by atoms with E-state index in [0.717, 1.165) is 19.3 Å². The molecule has 1 aromatic heterocycles. The molecule has 0 spiro atoms. The summed E-state index contributed by atoms with van der Waals surface area (Å²) in [5.74, 6) is -1.29. The largest absolute Gasteiger partial charge is 0.476 e. The average Bonchev–Trinajstić information content (AvgIpc) is 2.82. The van der Waals surface area contributed by atoms with E-state index < -0.39 is 12.0 Å². The summed E-state index contributed by atoms with van der Waals surface area (Å²) in [6.45, 7) is 7.65. The lowest BCUT2D eigenvalue weighted by molar-refractivity contribution is -0.124. The summed E-state index contributed by atoms with van der Waals surface area (Å²) in [4.78, 5) is 23.4. The van der Waals surface area contributed by atoms with E-state index in [-0.39, 0.29) is 17.6 Å². The van der Waals surface area contributed by atoms with Crippen molar-refractivity contribution < 1.29 is 14.7 Å². The maximum absolute atomic E-state index is 12.2. The van der Waals surface area contributed by atoms with Crippen LogP contribution in [0.2, 0.25) is 0 Å². The van der Waals surface area contributed by atoms with Crippen LogP contribution in [0.15, 0.2) is 0 Å². The Morgan fingerprint density at radius 2 is 1.95 bits per heavy atom. The zero-order valence-electron chi connectivity index (χ0n) is 13.1. The van der Waals surface area contributed by atoms with Gasteiger partial charge in [0.25, 0.3) is 0 Å². The van der Waals surface area contributed by atoms with Crippen molar-refractivity contribution in [3.63, 3.8) is 0 Å². The normalized spacial score (nSPS) is 13.7. The number of nitrogens with one attached hydrogen (secondary N) is 1. The smallest absolute Gasteiger partial charge is 0.358 e. The molecule has 1 aromatic rings. The van der Waals surface area contributed by atoms with Crippen molar-refractivity contribution in [2.24, 2.45) is 0 Å². The molecule has 0 fully saturated rings. The van der Waals surface area contributed by atoms with Gasteiger partial charge in [-0.15, -0.1) is 5.10 Å². The number of carboxylic acid groups (broad SMARTS) is 1. The molecule has 2 N–H and O–H groups in total. The Morgan fingerprint density at radius 3 is 2.48 bits per heavy atom. The summed E-state index contributed by atoms with van der Waals surface area (Å²) in [6.07, 6.45) is 3.17. The molecule has 0 saturated heterocycles. The second kappa shape index (κ2) is 7.75. The van der Waals surface area contributed by atoms with Crippen molar-refractivity contribution in [1.82, 2.24) is 20.3 Å². The molecule has 0 aromatic carbocycles. The van der Waals surface area contributed by atoms with Crippen LogP contribution in [0.1, 0.15) is 69.2 Å². The average molecular weight is 296 g/mol. The molecule has 0 saturated carbocycles. The van der Waals surface area contributed by atoms with Crippen molar-refractivity contribution in [2.75, 3.05) is 0 Å². The summed E-state index contributed by atoms with van der Waals surface area (Å²) >= 11 is 0. The van der Waals surface area contributed by atoms with Crippen LogP contribution in [0, 0.1) is 0 Å². The van der Waals surface area contributed by atoms with Gasteiger partial charge in [0.1, 0.15) is 6.04 Å². The molecule has 118 valence electrons. The Hall–Kier alpha value is -1.92. The highest BCUT2D eigenvalue weighted by molar-refractivity contribution is 5.87. The minimum Gasteiger partial charge on any atom is -0.476 e. The SMILES string of the molecule is CCCc1c(C(=O)O)nnn1C(C)C(=O)NC(C)CCC. The number of aromatic carboxylic acids is 1. The fraction of sp³-hybridized carbons (Fsp3) is 0.714. The summed E-state index contributed by atoms with van der Waals surface area (Å²) in [5.41, 5.74) is 0.425. The highest BCUT2D eigenvalue weighted by atomic mass is 16.4. The first-order chi connectivity index (χ1) is 9.92. The van der Waals surface area contributed by atoms with Crippen LogP contribution in [0.3, 0.4) is 0 Å². The number of carbonyl (C=O) groups is 2. The van der Waals surface area contributed by atoms with E-state index in [9.17, 15) is 9.59 Å². The van der Waals surface area contributed by atoms with E-state index >= 15 is 0 Å². The van der Waals surface area contributed by atoms with E-state index in [4.69, 9.17) is 5.11 Å². The number of hydrogen-bond acceptors (Lipinski definition) is 4. The molecule has 2 unspecified atom stereocenters. The van der Waals surface area contributed by atoms with Crippen LogP contribution < -0.4 is 5.32 Å². The topological polar surface area (TPSA) is 97.1 Å². The van der Waals surface area contributed by atoms with Crippen molar-refractivity contribution in [2.45, 2.75) is 65.5 Å². The molecule has 0 aliphatic carbocycles. The molecule has 21 heavy (non-hydrogen) atoms. The van der Waals surface area contributed by atoms with Gasteiger partial charge in [0.05, 0.1) is 5.69 Å². The number of nitrogens with zero attached hydrogens (tertiary/aromatic N) is 3. The van der Waals surface area contributed by atoms with Gasteiger partial charge in [0.2, 0.25) is 5.91 Å². The van der Waals surface area contributed by atoms with Gasteiger partial charge in [-0.3, -0.25) is 4.79 Å². The predicted molar refractivity (Wildman–Crippen MR) is 78.2 cm³/mol. The van der Waals surface area contributed by atoms with Gasteiger partial charge in [-0.25, -0.2) is 9.48 Å². The molecular formula is C14H24N4O3. The van der Waals surface area contributed by atoms with Crippen molar-refractivity contribution in [1.29, 1.82) is 0 Å². The number of carbonyl (C=O) groups excluding carboxylic acids is 1. The standard InChI is InChI=1S/C14H24N4O3/c1-5-7-9(3)15-13(19)10(4)18-11(8-6-2)12(14(20)21)16-17-18/h9-10H,5-8H2,1-4H3,(H,15,19)(H,20,21). The molecule has 0 radical (unpaired) electrons. The molecule has 1 amide bonds. The zero-order chi connectivity index (χ0) is 16.0. The third-order valence-electron chi connectivity index (χ3n) is 3.34. The fourth-order valence-corrected chi connectivity index (χ4v) is 2.24. The van der Waals surface area contributed by atoms with Crippen LogP contribution in [-0.2, 0) is 11.2 Å². The highest BCUT2D eigenvalue weighted by Gasteiger charge is 2.25. The van der Waals surface area contributed by atoms with Crippen LogP contribution in [0.4, 0.5) is 0 Å². The van der Waals surface area contributed by atoms with Gasteiger partial charge in [-0.1, -0.05) is 31.9 Å². The number of hydrogen-bond donors (Lipinski definition) is 2. The molecular weight excluding hydrogens is 272 g/mol. The van der Waals surface area contributed by atoms with Crippen LogP contribution >= 0.6 is 0 Å². The Balaban J connectivity index is 2.93. The minimum absolute atomic E-state index is 0.0712.